The molecule has 0 unspecified atom stereocenters. The Morgan fingerprint density at radius 1 is 1.37 bits per heavy atom. The summed E-state index contributed by atoms with van der Waals surface area (Å²) in [7, 11) is 0. The van der Waals surface area contributed by atoms with E-state index in [0.29, 0.717) is 19.8 Å². The van der Waals surface area contributed by atoms with Crippen LogP contribution in [0.5, 0.6) is 5.75 Å². The lowest BCUT2D eigenvalue weighted by Crippen LogP contribution is -2.50. The second kappa shape index (κ2) is 5.39. The van der Waals surface area contributed by atoms with Crippen LogP contribution in [0.25, 0.3) is 0 Å². The molecule has 2 heterocycles. The van der Waals surface area contributed by atoms with Crippen LogP contribution in [0.15, 0.2) is 24.3 Å². The zero-order chi connectivity index (χ0) is 13.2. The first-order valence-electron chi connectivity index (χ1n) is 6.50. The quantitative estimate of drug-likeness (QED) is 0.739. The Morgan fingerprint density at radius 2 is 2.21 bits per heavy atom. The van der Waals surface area contributed by atoms with Gasteiger partial charge in [-0.15, -0.1) is 11.6 Å². The molecule has 0 radical (unpaired) electrons. The van der Waals surface area contributed by atoms with Crippen LogP contribution in [0.3, 0.4) is 0 Å². The summed E-state index contributed by atoms with van der Waals surface area (Å²) in [6.45, 7) is 1.74. The van der Waals surface area contributed by atoms with Gasteiger partial charge in [0.25, 0.3) is 0 Å². The van der Waals surface area contributed by atoms with Crippen molar-refractivity contribution in [3.63, 3.8) is 0 Å². The van der Waals surface area contributed by atoms with Gasteiger partial charge in [-0.1, -0.05) is 18.2 Å². The van der Waals surface area contributed by atoms with E-state index < -0.39 is 0 Å². The van der Waals surface area contributed by atoms with Gasteiger partial charge in [-0.05, 0) is 6.07 Å². The molecule has 1 saturated heterocycles. The summed E-state index contributed by atoms with van der Waals surface area (Å²) >= 11 is 5.69. The van der Waals surface area contributed by atoms with Crippen molar-refractivity contribution in [2.24, 2.45) is 0 Å². The van der Waals surface area contributed by atoms with Crippen LogP contribution in [0.2, 0.25) is 0 Å². The molecule has 1 aromatic rings. The highest BCUT2D eigenvalue weighted by molar-refractivity contribution is 6.27. The Kier molecular flexibility index (Phi) is 3.62. The first kappa shape index (κ1) is 12.8. The molecule has 19 heavy (non-hydrogen) atoms. The summed E-state index contributed by atoms with van der Waals surface area (Å²) in [6.07, 6.45) is 0.654. The Bertz CT molecular complexity index is 480. The van der Waals surface area contributed by atoms with Crippen molar-refractivity contribution in [2.45, 2.75) is 18.6 Å². The summed E-state index contributed by atoms with van der Waals surface area (Å²) in [5, 5.41) is 0. The number of halogens is 1. The minimum atomic E-state index is -0.111. The van der Waals surface area contributed by atoms with E-state index in [-0.39, 0.29) is 23.9 Å². The van der Waals surface area contributed by atoms with E-state index in [1.54, 1.807) is 0 Å². The number of benzene rings is 1. The number of hydrogen-bond acceptors (Lipinski definition) is 3. The number of ether oxygens (including phenoxy) is 2. The van der Waals surface area contributed by atoms with Crippen LogP contribution < -0.4 is 4.74 Å². The predicted molar refractivity (Wildman–Crippen MR) is 71.5 cm³/mol. The third kappa shape index (κ3) is 2.30. The van der Waals surface area contributed by atoms with Gasteiger partial charge in [0.1, 0.15) is 17.7 Å². The van der Waals surface area contributed by atoms with Gasteiger partial charge in [-0.2, -0.15) is 0 Å². The average molecular weight is 282 g/mol. The summed E-state index contributed by atoms with van der Waals surface area (Å²) in [5.74, 6) is 0.848. The largest absolute Gasteiger partial charge is 0.493 e. The Morgan fingerprint density at radius 3 is 3.05 bits per heavy atom. The second-order valence-corrected chi connectivity index (χ2v) is 5.02. The molecule has 0 aromatic heterocycles. The van der Waals surface area contributed by atoms with E-state index in [9.17, 15) is 4.79 Å². The molecule has 3 rings (SSSR count). The summed E-state index contributed by atoms with van der Waals surface area (Å²) in [4.78, 5) is 13.8. The summed E-state index contributed by atoms with van der Waals surface area (Å²) < 4.78 is 11.6. The maximum Gasteiger partial charge on any atom is 0.237 e. The molecule has 102 valence electrons. The van der Waals surface area contributed by atoms with Gasteiger partial charge < -0.3 is 14.4 Å². The molecule has 0 spiro atoms. The lowest BCUT2D eigenvalue weighted by molar-refractivity contribution is -0.144. The van der Waals surface area contributed by atoms with Gasteiger partial charge in [-0.3, -0.25) is 4.79 Å². The molecule has 0 aliphatic carbocycles. The molecule has 0 saturated carbocycles. The highest BCUT2D eigenvalue weighted by Crippen LogP contribution is 2.38. The van der Waals surface area contributed by atoms with Crippen LogP contribution in [-0.4, -0.2) is 42.5 Å². The number of amides is 1. The molecule has 2 atom stereocenters. The molecule has 0 N–H and O–H groups in total. The smallest absolute Gasteiger partial charge is 0.237 e. The second-order valence-electron chi connectivity index (χ2n) is 4.75. The molecule has 2 aliphatic heterocycles. The van der Waals surface area contributed by atoms with Crippen molar-refractivity contribution in [1.29, 1.82) is 0 Å². The maximum atomic E-state index is 11.9. The van der Waals surface area contributed by atoms with Gasteiger partial charge in [0, 0.05) is 18.5 Å². The molecule has 2 aliphatic rings. The van der Waals surface area contributed by atoms with Gasteiger partial charge >= 0.3 is 0 Å². The number of fused-ring (bicyclic) bond motifs is 3. The van der Waals surface area contributed by atoms with Crippen LogP contribution >= 0.6 is 11.6 Å². The van der Waals surface area contributed by atoms with Crippen molar-refractivity contribution >= 4 is 17.5 Å². The predicted octanol–water partition coefficient (Wildman–Crippen LogP) is 1.98. The van der Waals surface area contributed by atoms with E-state index in [0.717, 1.165) is 17.7 Å². The van der Waals surface area contributed by atoms with Gasteiger partial charge in [0.05, 0.1) is 19.3 Å². The van der Waals surface area contributed by atoms with E-state index in [1.807, 2.05) is 29.2 Å². The molecule has 0 bridgehead atoms. The van der Waals surface area contributed by atoms with Gasteiger partial charge in [0.15, 0.2) is 0 Å². The number of morpholine rings is 1. The van der Waals surface area contributed by atoms with Gasteiger partial charge in [0.2, 0.25) is 5.91 Å². The Balaban J connectivity index is 1.95. The fraction of sp³-hybridized carbons (Fsp3) is 0.500. The molecule has 4 nitrogen and oxygen atoms in total. The first-order chi connectivity index (χ1) is 9.31. The zero-order valence-corrected chi connectivity index (χ0v) is 11.3. The third-order valence-electron chi connectivity index (χ3n) is 3.71. The molecular formula is C14H16ClNO3. The van der Waals surface area contributed by atoms with Crippen LogP contribution in [0.1, 0.15) is 18.1 Å². The van der Waals surface area contributed by atoms with Crippen molar-refractivity contribution in [2.75, 3.05) is 25.6 Å². The number of hydrogen-bond donors (Lipinski definition) is 0. The fourth-order valence-corrected chi connectivity index (χ4v) is 3.00. The topological polar surface area (TPSA) is 38.8 Å². The molecule has 5 heteroatoms. The molecule has 1 amide bonds. The summed E-state index contributed by atoms with van der Waals surface area (Å²) in [5.41, 5.74) is 1.03. The number of para-hydroxylation sites is 1. The summed E-state index contributed by atoms with van der Waals surface area (Å²) in [6, 6.07) is 7.89. The average Bonchev–Trinajstić information content (AvgIpc) is 2.65. The minimum Gasteiger partial charge on any atom is -0.493 e. The maximum absolute atomic E-state index is 11.9. The number of carbonyl (C=O) groups is 1. The van der Waals surface area contributed by atoms with Crippen molar-refractivity contribution in [1.82, 2.24) is 4.90 Å². The number of rotatable bonds is 1. The van der Waals surface area contributed by atoms with Crippen molar-refractivity contribution < 1.29 is 14.3 Å². The first-order valence-corrected chi connectivity index (χ1v) is 7.03. The molecule has 1 fully saturated rings. The van der Waals surface area contributed by atoms with Crippen LogP contribution in [0, 0.1) is 0 Å². The monoisotopic (exact) mass is 281 g/mol. The lowest BCUT2D eigenvalue weighted by Gasteiger charge is -2.40. The fourth-order valence-electron chi connectivity index (χ4n) is 2.85. The standard InChI is InChI=1S/C14H16ClNO3/c15-9-13(17)16-6-8-19-14-10-3-1-2-4-12(10)18-7-5-11(14)16/h1-4,11,14H,5-9H2/t11-,14-/m1/s1. The van der Waals surface area contributed by atoms with Crippen LogP contribution in [0.4, 0.5) is 0 Å². The normalized spacial score (nSPS) is 25.8. The van der Waals surface area contributed by atoms with E-state index in [1.165, 1.54) is 0 Å². The van der Waals surface area contributed by atoms with E-state index in [4.69, 9.17) is 21.1 Å². The van der Waals surface area contributed by atoms with Crippen molar-refractivity contribution in [3.8, 4) is 5.75 Å². The molecule has 1 aromatic carbocycles. The van der Waals surface area contributed by atoms with Gasteiger partial charge in [-0.25, -0.2) is 0 Å². The highest BCUT2D eigenvalue weighted by Gasteiger charge is 2.38. The highest BCUT2D eigenvalue weighted by atomic mass is 35.5. The van der Waals surface area contributed by atoms with Crippen molar-refractivity contribution in [3.05, 3.63) is 29.8 Å². The minimum absolute atomic E-state index is 0.0173. The van der Waals surface area contributed by atoms with Crippen LogP contribution in [-0.2, 0) is 9.53 Å². The van der Waals surface area contributed by atoms with E-state index in [2.05, 4.69) is 0 Å². The zero-order valence-electron chi connectivity index (χ0n) is 10.5. The number of nitrogens with zero attached hydrogens (tertiary/aromatic N) is 1. The molecular weight excluding hydrogens is 266 g/mol. The SMILES string of the molecule is O=C(CCl)N1CCO[C@@H]2c3ccccc3OCC[C@H]21. The number of carbonyl (C=O) groups excluding carboxylic acids is 1. The van der Waals surface area contributed by atoms with E-state index >= 15 is 0 Å². The third-order valence-corrected chi connectivity index (χ3v) is 3.94. The number of alkyl halides is 1. The Hall–Kier alpha value is -1.26. The Labute approximate surface area is 117 Å². The lowest BCUT2D eigenvalue weighted by atomic mass is 9.97.